The van der Waals surface area contributed by atoms with Gasteiger partial charge in [0.1, 0.15) is 0 Å². The number of amides is 1. The van der Waals surface area contributed by atoms with Crippen molar-refractivity contribution in [2.24, 2.45) is 11.8 Å². The summed E-state index contributed by atoms with van der Waals surface area (Å²) in [6.45, 7) is 2.79. The van der Waals surface area contributed by atoms with E-state index >= 15 is 0 Å². The fourth-order valence-electron chi connectivity index (χ4n) is 6.20. The second-order valence-electron chi connectivity index (χ2n) is 11.1. The van der Waals surface area contributed by atoms with Crippen LogP contribution in [0, 0.1) is 11.8 Å². The minimum absolute atomic E-state index is 0.00844. The van der Waals surface area contributed by atoms with E-state index in [0.29, 0.717) is 36.0 Å². The van der Waals surface area contributed by atoms with Crippen molar-refractivity contribution in [3.63, 3.8) is 0 Å². The number of benzene rings is 2. The molecule has 0 aromatic heterocycles. The van der Waals surface area contributed by atoms with Gasteiger partial charge >= 0.3 is 0 Å². The second kappa shape index (κ2) is 17.1. The maximum absolute atomic E-state index is 13.6. The highest BCUT2D eigenvalue weighted by atomic mass is 16.5. The van der Waals surface area contributed by atoms with Gasteiger partial charge in [-0.05, 0) is 53.8 Å². The Kier molecular flexibility index (Phi) is 13.6. The van der Waals surface area contributed by atoms with E-state index in [2.05, 4.69) is 12.2 Å². The zero-order valence-corrected chi connectivity index (χ0v) is 25.8. The standard InChI is InChI=1S/C34H51NO6/c1-6-7-8-9-10-11-12-13-14-15-18-35-34(37)27-19-25-21-31(40-4)32(41-5)22-26(25)33(28(27)23-36)24-16-17-29(38-2)30(20-24)39-3/h16-17,20-22,27-28,33,36H,6-15,18-19,23H2,1-5H3,(H,35,37)/t27-,28-,33-/m1/s1. The van der Waals surface area contributed by atoms with E-state index in [-0.39, 0.29) is 30.3 Å². The molecule has 3 rings (SSSR count). The minimum atomic E-state index is -0.383. The summed E-state index contributed by atoms with van der Waals surface area (Å²) in [7, 11) is 6.45. The molecular weight excluding hydrogens is 518 g/mol. The predicted molar refractivity (Wildman–Crippen MR) is 164 cm³/mol. The minimum Gasteiger partial charge on any atom is -0.493 e. The van der Waals surface area contributed by atoms with Crippen molar-refractivity contribution in [3.8, 4) is 23.0 Å². The summed E-state index contributed by atoms with van der Waals surface area (Å²) < 4.78 is 22.3. The summed E-state index contributed by atoms with van der Waals surface area (Å²) >= 11 is 0. The summed E-state index contributed by atoms with van der Waals surface area (Å²) in [6, 6.07) is 9.75. The van der Waals surface area contributed by atoms with Crippen LogP contribution < -0.4 is 24.3 Å². The zero-order valence-electron chi connectivity index (χ0n) is 25.8. The molecule has 1 aliphatic rings. The number of aliphatic hydroxyl groups excluding tert-OH is 1. The van der Waals surface area contributed by atoms with Crippen LogP contribution in [0.1, 0.15) is 93.7 Å². The third-order valence-electron chi connectivity index (χ3n) is 8.51. The molecule has 7 heteroatoms. The topological polar surface area (TPSA) is 86.3 Å². The Balaban J connectivity index is 1.73. The van der Waals surface area contributed by atoms with Gasteiger partial charge in [0, 0.05) is 30.9 Å². The van der Waals surface area contributed by atoms with Crippen LogP contribution in [0.3, 0.4) is 0 Å². The molecule has 0 saturated carbocycles. The first-order valence-electron chi connectivity index (χ1n) is 15.4. The van der Waals surface area contributed by atoms with E-state index in [9.17, 15) is 9.90 Å². The zero-order chi connectivity index (χ0) is 29.6. The lowest BCUT2D eigenvalue weighted by Crippen LogP contribution is -2.43. The van der Waals surface area contributed by atoms with Crippen molar-refractivity contribution < 1.29 is 28.8 Å². The van der Waals surface area contributed by atoms with Crippen molar-refractivity contribution in [3.05, 3.63) is 47.0 Å². The quantitative estimate of drug-likeness (QED) is 0.195. The fourth-order valence-corrected chi connectivity index (χ4v) is 6.20. The number of ether oxygens (including phenoxy) is 4. The molecule has 0 fully saturated rings. The van der Waals surface area contributed by atoms with E-state index in [4.69, 9.17) is 18.9 Å². The number of aliphatic hydroxyl groups is 1. The van der Waals surface area contributed by atoms with Crippen molar-refractivity contribution in [2.45, 2.75) is 83.5 Å². The van der Waals surface area contributed by atoms with Gasteiger partial charge in [0.05, 0.1) is 28.4 Å². The number of hydrogen-bond acceptors (Lipinski definition) is 6. The lowest BCUT2D eigenvalue weighted by Gasteiger charge is -2.39. The van der Waals surface area contributed by atoms with Crippen LogP contribution in [0.4, 0.5) is 0 Å². The Morgan fingerprint density at radius 1 is 0.780 bits per heavy atom. The first kappa shape index (κ1) is 32.6. The summed E-state index contributed by atoms with van der Waals surface area (Å²) in [5.41, 5.74) is 2.99. The van der Waals surface area contributed by atoms with Crippen molar-refractivity contribution in [1.29, 1.82) is 0 Å². The summed E-state index contributed by atoms with van der Waals surface area (Å²) in [5.74, 6) is 1.55. The molecule has 2 aromatic carbocycles. The van der Waals surface area contributed by atoms with Gasteiger partial charge in [-0.15, -0.1) is 0 Å². The second-order valence-corrected chi connectivity index (χ2v) is 11.1. The van der Waals surface area contributed by atoms with Gasteiger partial charge in [-0.25, -0.2) is 0 Å². The lowest BCUT2D eigenvalue weighted by molar-refractivity contribution is -0.127. The number of fused-ring (bicyclic) bond motifs is 1. The molecule has 2 aromatic rings. The average molecular weight is 570 g/mol. The number of methoxy groups -OCH3 is 4. The number of nitrogens with one attached hydrogen (secondary N) is 1. The molecule has 0 radical (unpaired) electrons. The van der Waals surface area contributed by atoms with Gasteiger partial charge in [0.25, 0.3) is 0 Å². The van der Waals surface area contributed by atoms with Crippen molar-refractivity contribution in [2.75, 3.05) is 41.6 Å². The van der Waals surface area contributed by atoms with Crippen molar-refractivity contribution >= 4 is 5.91 Å². The van der Waals surface area contributed by atoms with E-state index in [0.717, 1.165) is 29.5 Å². The number of hydrogen-bond donors (Lipinski definition) is 2. The van der Waals surface area contributed by atoms with E-state index in [1.54, 1.807) is 28.4 Å². The van der Waals surface area contributed by atoms with Gasteiger partial charge in [0.15, 0.2) is 23.0 Å². The molecule has 0 spiro atoms. The summed E-state index contributed by atoms with van der Waals surface area (Å²) in [5, 5.41) is 13.9. The Bertz CT molecular complexity index is 1090. The Morgan fingerprint density at radius 2 is 1.34 bits per heavy atom. The lowest BCUT2D eigenvalue weighted by atomic mass is 9.66. The maximum atomic E-state index is 13.6. The van der Waals surface area contributed by atoms with Gasteiger partial charge in [-0.1, -0.05) is 70.8 Å². The molecule has 0 heterocycles. The highest BCUT2D eigenvalue weighted by molar-refractivity contribution is 5.80. The number of carbonyl (C=O) groups is 1. The summed E-state index contributed by atoms with van der Waals surface area (Å²) in [6.07, 6.45) is 13.1. The first-order valence-corrected chi connectivity index (χ1v) is 15.4. The third-order valence-corrected chi connectivity index (χ3v) is 8.51. The number of rotatable bonds is 18. The van der Waals surface area contributed by atoms with E-state index < -0.39 is 0 Å². The Labute approximate surface area is 246 Å². The van der Waals surface area contributed by atoms with Gasteiger partial charge in [0.2, 0.25) is 5.91 Å². The van der Waals surface area contributed by atoms with Crippen LogP contribution in [0.15, 0.2) is 30.3 Å². The Hall–Kier alpha value is -2.93. The van der Waals surface area contributed by atoms with Gasteiger partial charge < -0.3 is 29.4 Å². The number of unbranched alkanes of at least 4 members (excludes halogenated alkanes) is 9. The predicted octanol–water partition coefficient (Wildman–Crippen LogP) is 6.67. The maximum Gasteiger partial charge on any atom is 0.223 e. The molecule has 0 unspecified atom stereocenters. The largest absolute Gasteiger partial charge is 0.493 e. The van der Waals surface area contributed by atoms with Gasteiger partial charge in [-0.3, -0.25) is 4.79 Å². The van der Waals surface area contributed by atoms with Gasteiger partial charge in [-0.2, -0.15) is 0 Å². The van der Waals surface area contributed by atoms with Crippen LogP contribution in [-0.2, 0) is 11.2 Å². The van der Waals surface area contributed by atoms with Crippen LogP contribution >= 0.6 is 0 Å². The number of carbonyl (C=O) groups excluding carboxylic acids is 1. The Morgan fingerprint density at radius 3 is 1.93 bits per heavy atom. The molecule has 0 saturated heterocycles. The molecule has 3 atom stereocenters. The SMILES string of the molecule is CCCCCCCCCCCCNC(=O)[C@@H]1Cc2cc(OC)c(OC)cc2[C@@H](c2ccc(OC)c(OC)c2)[C@@H]1CO. The normalized spacial score (nSPS) is 18.0. The van der Waals surface area contributed by atoms with Crippen LogP contribution in [0.5, 0.6) is 23.0 Å². The van der Waals surface area contributed by atoms with E-state index in [1.165, 1.54) is 51.4 Å². The molecule has 0 bridgehead atoms. The molecule has 41 heavy (non-hydrogen) atoms. The smallest absolute Gasteiger partial charge is 0.223 e. The molecular formula is C34H51NO6. The highest BCUT2D eigenvalue weighted by Crippen LogP contribution is 2.48. The van der Waals surface area contributed by atoms with Crippen LogP contribution in [0.2, 0.25) is 0 Å². The van der Waals surface area contributed by atoms with Crippen molar-refractivity contribution in [1.82, 2.24) is 5.32 Å². The third kappa shape index (κ3) is 8.54. The summed E-state index contributed by atoms with van der Waals surface area (Å²) in [4.78, 5) is 13.6. The molecule has 1 amide bonds. The van der Waals surface area contributed by atoms with Crippen LogP contribution in [0.25, 0.3) is 0 Å². The monoisotopic (exact) mass is 569 g/mol. The molecule has 228 valence electrons. The molecule has 2 N–H and O–H groups in total. The highest BCUT2D eigenvalue weighted by Gasteiger charge is 2.41. The fraction of sp³-hybridized carbons (Fsp3) is 0.618. The molecule has 7 nitrogen and oxygen atoms in total. The molecule has 0 aliphatic heterocycles. The van der Waals surface area contributed by atoms with E-state index in [1.807, 2.05) is 30.3 Å². The van der Waals surface area contributed by atoms with Crippen LogP contribution in [-0.4, -0.2) is 52.6 Å². The average Bonchev–Trinajstić information content (AvgIpc) is 3.01. The molecule has 1 aliphatic carbocycles. The first-order chi connectivity index (χ1) is 20.0.